The molecule has 8 atom stereocenters. The first-order chi connectivity index (χ1) is 21.0. The van der Waals surface area contributed by atoms with Crippen LogP contribution in [0.1, 0.15) is 45.4 Å². The standard InChI is InChI=1S/C30H55N7O5S/c1-20-22(17-35(8-12-38)9-13-39)18-37(34-20)26-6-7-31-30(33-26)32-23-4-2-21(3-5-23)24-19-43-29-25(40)16-27(42-28(24)29)36-10-14-41-15-11-36/h20-24,26-34,38-39H,2-19H2,1H3/p+1. The van der Waals surface area contributed by atoms with Gasteiger partial charge in [0.05, 0.1) is 50.5 Å². The fourth-order valence-electron chi connectivity index (χ4n) is 8.39. The third kappa shape index (κ3) is 7.94. The number of hydrogen-bond acceptors (Lipinski definition) is 12. The van der Waals surface area contributed by atoms with Gasteiger partial charge in [0.2, 0.25) is 0 Å². The van der Waals surface area contributed by atoms with Crippen molar-refractivity contribution in [2.45, 2.75) is 87.6 Å². The molecule has 6 fully saturated rings. The van der Waals surface area contributed by atoms with Crippen LogP contribution in [0.15, 0.2) is 0 Å². The highest BCUT2D eigenvalue weighted by Gasteiger charge is 2.50. The number of Topliss-reactive ketones (excluding diaryl/α,β-unsaturated/α-hetero) is 1. The summed E-state index contributed by atoms with van der Waals surface area (Å²) in [5.74, 6) is 3.02. The summed E-state index contributed by atoms with van der Waals surface area (Å²) in [6.45, 7) is 9.99. The van der Waals surface area contributed by atoms with Gasteiger partial charge < -0.3 is 24.6 Å². The Morgan fingerprint density at radius 1 is 1.09 bits per heavy atom. The van der Waals surface area contributed by atoms with Gasteiger partial charge in [-0.25, -0.2) is 5.01 Å². The topological polar surface area (TPSA) is 135 Å². The number of hydrazine groups is 1. The van der Waals surface area contributed by atoms with Crippen molar-refractivity contribution in [3.05, 3.63) is 0 Å². The number of morpholine rings is 1. The molecule has 1 saturated carbocycles. The van der Waals surface area contributed by atoms with Crippen LogP contribution in [0.3, 0.4) is 0 Å². The molecule has 7 N–H and O–H groups in total. The average Bonchev–Trinajstić information content (AvgIpc) is 3.62. The maximum absolute atomic E-state index is 13.1. The smallest absolute Gasteiger partial charge is 0.152 e. The molecule has 13 heteroatoms. The Bertz CT molecular complexity index is 889. The molecule has 8 unspecified atom stereocenters. The number of hydrogen-bond donors (Lipinski definition) is 7. The molecule has 0 aromatic rings. The number of rotatable bonds is 11. The molecular weight excluding hydrogens is 570 g/mol. The lowest BCUT2D eigenvalue weighted by Gasteiger charge is -2.43. The van der Waals surface area contributed by atoms with E-state index in [0.717, 1.165) is 71.0 Å². The van der Waals surface area contributed by atoms with Crippen LogP contribution in [-0.4, -0.2) is 146 Å². The first-order valence-corrected chi connectivity index (χ1v) is 18.0. The lowest BCUT2D eigenvalue weighted by molar-refractivity contribution is -0.904. The number of aliphatic hydroxyl groups is 2. The first kappa shape index (κ1) is 32.5. The number of ether oxygens (including phenoxy) is 2. The van der Waals surface area contributed by atoms with Crippen molar-refractivity contribution in [1.29, 1.82) is 0 Å². The van der Waals surface area contributed by atoms with E-state index in [1.165, 1.54) is 17.7 Å². The number of nitrogens with zero attached hydrogens (tertiary/aromatic N) is 2. The van der Waals surface area contributed by atoms with Crippen molar-refractivity contribution in [2.24, 2.45) is 17.8 Å². The maximum atomic E-state index is 13.1. The Hall–Kier alpha value is -0.420. The van der Waals surface area contributed by atoms with Gasteiger partial charge in [0.15, 0.2) is 5.78 Å². The third-order valence-corrected chi connectivity index (χ3v) is 12.4. The van der Waals surface area contributed by atoms with E-state index in [1.807, 2.05) is 11.8 Å². The minimum atomic E-state index is -0.0714. The van der Waals surface area contributed by atoms with Crippen molar-refractivity contribution in [2.75, 3.05) is 78.0 Å². The monoisotopic (exact) mass is 626 g/mol. The van der Waals surface area contributed by atoms with Gasteiger partial charge in [-0.3, -0.25) is 31.1 Å². The van der Waals surface area contributed by atoms with Crippen LogP contribution in [0.2, 0.25) is 0 Å². The summed E-state index contributed by atoms with van der Waals surface area (Å²) in [7, 11) is 0. The third-order valence-electron chi connectivity index (χ3n) is 10.9. The second kappa shape index (κ2) is 15.4. The first-order valence-electron chi connectivity index (χ1n) is 17.0. The van der Waals surface area contributed by atoms with Gasteiger partial charge in [-0.2, -0.15) is 0 Å². The van der Waals surface area contributed by atoms with Crippen LogP contribution in [0.25, 0.3) is 0 Å². The number of carbonyl (C=O) groups is 1. The quantitative estimate of drug-likeness (QED) is 0.134. The number of nitrogens with one attached hydrogen (secondary N) is 5. The summed E-state index contributed by atoms with van der Waals surface area (Å²) in [5.41, 5.74) is 3.70. The van der Waals surface area contributed by atoms with Gasteiger partial charge in [0, 0.05) is 50.6 Å². The van der Waals surface area contributed by atoms with Crippen molar-refractivity contribution in [3.63, 3.8) is 0 Å². The fraction of sp³-hybridized carbons (Fsp3) is 0.967. The number of ketones is 1. The zero-order chi connectivity index (χ0) is 29.8. The minimum absolute atomic E-state index is 0.0288. The highest BCUT2D eigenvalue weighted by Crippen LogP contribution is 2.46. The van der Waals surface area contributed by atoms with Crippen molar-refractivity contribution in [3.8, 4) is 0 Å². The van der Waals surface area contributed by atoms with E-state index >= 15 is 0 Å². The van der Waals surface area contributed by atoms with Crippen LogP contribution in [0.4, 0.5) is 0 Å². The summed E-state index contributed by atoms with van der Waals surface area (Å²) >= 11 is 1.85. The highest BCUT2D eigenvalue weighted by molar-refractivity contribution is 8.01. The molecule has 1 aliphatic carbocycles. The molecule has 0 amide bonds. The Morgan fingerprint density at radius 3 is 2.60 bits per heavy atom. The van der Waals surface area contributed by atoms with E-state index < -0.39 is 0 Å². The van der Waals surface area contributed by atoms with E-state index in [4.69, 9.17) is 9.47 Å². The maximum Gasteiger partial charge on any atom is 0.152 e. The van der Waals surface area contributed by atoms with E-state index in [9.17, 15) is 15.0 Å². The SMILES string of the molecule is CC1NN(C2CCNC(NC3CCC(C4CSC5C(=O)CC(N6CCOCC6)OC54)CC3)N2)CC1C[NH+](CCO)CCO. The molecule has 12 nitrogen and oxygen atoms in total. The van der Waals surface area contributed by atoms with Crippen LogP contribution in [-0.2, 0) is 14.3 Å². The summed E-state index contributed by atoms with van der Waals surface area (Å²) < 4.78 is 12.2. The van der Waals surface area contributed by atoms with E-state index in [-0.39, 0.29) is 43.3 Å². The molecule has 246 valence electrons. The number of aliphatic hydroxyl groups excluding tert-OH is 2. The summed E-state index contributed by atoms with van der Waals surface area (Å²) in [6.07, 6.45) is 6.59. The second-order valence-corrected chi connectivity index (χ2v) is 14.8. The Kier molecular flexibility index (Phi) is 11.7. The van der Waals surface area contributed by atoms with Crippen LogP contribution in [0, 0.1) is 17.8 Å². The zero-order valence-corrected chi connectivity index (χ0v) is 26.7. The van der Waals surface area contributed by atoms with E-state index in [0.29, 0.717) is 55.1 Å². The van der Waals surface area contributed by atoms with Crippen molar-refractivity contribution in [1.82, 2.24) is 31.3 Å². The molecule has 5 heterocycles. The van der Waals surface area contributed by atoms with Gasteiger partial charge in [-0.1, -0.05) is 0 Å². The van der Waals surface area contributed by atoms with Gasteiger partial charge in [-0.05, 0) is 56.6 Å². The molecule has 0 radical (unpaired) electrons. The largest absolute Gasteiger partial charge is 0.391 e. The van der Waals surface area contributed by atoms with Crippen molar-refractivity contribution >= 4 is 17.5 Å². The molecule has 6 aliphatic rings. The lowest BCUT2D eigenvalue weighted by Crippen LogP contribution is -3.13. The highest BCUT2D eigenvalue weighted by atomic mass is 32.2. The molecule has 6 rings (SSSR count). The number of quaternary nitrogens is 1. The van der Waals surface area contributed by atoms with Crippen LogP contribution in [0.5, 0.6) is 0 Å². The van der Waals surface area contributed by atoms with Crippen LogP contribution < -0.4 is 26.3 Å². The fourth-order valence-corrected chi connectivity index (χ4v) is 10.0. The predicted octanol–water partition coefficient (Wildman–Crippen LogP) is -2.23. The van der Waals surface area contributed by atoms with Gasteiger partial charge >= 0.3 is 0 Å². The lowest BCUT2D eigenvalue weighted by atomic mass is 9.75. The Labute approximate surface area is 261 Å². The molecule has 0 aromatic carbocycles. The molecule has 0 bridgehead atoms. The number of thioether (sulfide) groups is 1. The summed E-state index contributed by atoms with van der Waals surface area (Å²) in [6, 6.07) is 0.846. The predicted molar refractivity (Wildman–Crippen MR) is 165 cm³/mol. The Balaban J connectivity index is 0.956. The van der Waals surface area contributed by atoms with Gasteiger partial charge in [0.1, 0.15) is 25.6 Å². The molecule has 5 aliphatic heterocycles. The molecule has 0 aromatic heterocycles. The zero-order valence-electron chi connectivity index (χ0n) is 25.9. The van der Waals surface area contributed by atoms with Gasteiger partial charge in [-0.15, -0.1) is 11.8 Å². The average molecular weight is 627 g/mol. The molecule has 43 heavy (non-hydrogen) atoms. The van der Waals surface area contributed by atoms with Gasteiger partial charge in [0.25, 0.3) is 0 Å². The number of fused-ring (bicyclic) bond motifs is 1. The second-order valence-electron chi connectivity index (χ2n) is 13.7. The molecular formula is C30H56N7O5S+. The van der Waals surface area contributed by atoms with E-state index in [2.05, 4.69) is 38.2 Å². The normalized spacial score (nSPS) is 41.6. The van der Waals surface area contributed by atoms with Crippen molar-refractivity contribution < 1.29 is 29.4 Å². The van der Waals surface area contributed by atoms with Crippen LogP contribution >= 0.6 is 11.8 Å². The Morgan fingerprint density at radius 2 is 1.86 bits per heavy atom. The van der Waals surface area contributed by atoms with E-state index in [1.54, 1.807) is 0 Å². The molecule has 5 saturated heterocycles. The number of carbonyl (C=O) groups excluding carboxylic acids is 1. The minimum Gasteiger partial charge on any atom is -0.391 e. The summed E-state index contributed by atoms with van der Waals surface area (Å²) in [5, 5.41) is 32.6. The summed E-state index contributed by atoms with van der Waals surface area (Å²) in [4.78, 5) is 16.7. The molecule has 0 spiro atoms.